The molecule has 0 bridgehead atoms. The minimum atomic E-state index is -0.235. The molecular weight excluding hydrogens is 296 g/mol. The molecule has 0 aromatic carbocycles. The first kappa shape index (κ1) is 15.4. The zero-order valence-electron chi connectivity index (χ0n) is 13.1. The summed E-state index contributed by atoms with van der Waals surface area (Å²) in [6, 6.07) is 4.16. The summed E-state index contributed by atoms with van der Waals surface area (Å²) in [6.45, 7) is 4.27. The van der Waals surface area contributed by atoms with Crippen LogP contribution in [-0.4, -0.2) is 56.5 Å². The molecule has 1 aliphatic heterocycles. The van der Waals surface area contributed by atoms with E-state index in [4.69, 9.17) is 4.74 Å². The van der Waals surface area contributed by atoms with Gasteiger partial charge in [-0.1, -0.05) is 6.07 Å². The van der Waals surface area contributed by atoms with Gasteiger partial charge in [0.15, 0.2) is 5.82 Å². The molecule has 3 rings (SSSR count). The smallest absolute Gasteiger partial charge is 0.409 e. The van der Waals surface area contributed by atoms with Gasteiger partial charge in [0.05, 0.1) is 6.61 Å². The Morgan fingerprint density at radius 2 is 2.43 bits per heavy atom. The van der Waals surface area contributed by atoms with Gasteiger partial charge in [0.1, 0.15) is 12.7 Å². The Morgan fingerprint density at radius 3 is 3.22 bits per heavy atom. The predicted molar refractivity (Wildman–Crippen MR) is 83.0 cm³/mol. The molecule has 2 aromatic rings. The largest absolute Gasteiger partial charge is 0.450 e. The third kappa shape index (κ3) is 3.65. The van der Waals surface area contributed by atoms with Gasteiger partial charge >= 0.3 is 6.09 Å². The summed E-state index contributed by atoms with van der Waals surface area (Å²) < 4.78 is 6.69. The second kappa shape index (κ2) is 7.19. The fraction of sp³-hybridized carbons (Fsp3) is 0.467. The van der Waals surface area contributed by atoms with E-state index >= 15 is 0 Å². The van der Waals surface area contributed by atoms with Gasteiger partial charge < -0.3 is 15.0 Å². The van der Waals surface area contributed by atoms with Gasteiger partial charge in [0.25, 0.3) is 0 Å². The number of carbonyl (C=O) groups is 1. The van der Waals surface area contributed by atoms with Crippen LogP contribution in [0.3, 0.4) is 0 Å². The molecule has 1 amide bonds. The number of pyridine rings is 1. The van der Waals surface area contributed by atoms with Gasteiger partial charge in [-0.3, -0.25) is 0 Å². The molecule has 122 valence electrons. The molecule has 0 aliphatic carbocycles. The summed E-state index contributed by atoms with van der Waals surface area (Å²) in [6.07, 6.45) is 5.53. The number of nitrogens with zero attached hydrogens (tertiary/aromatic N) is 5. The summed E-state index contributed by atoms with van der Waals surface area (Å²) in [4.78, 5) is 21.8. The zero-order valence-corrected chi connectivity index (χ0v) is 13.1. The maximum Gasteiger partial charge on any atom is 0.409 e. The number of hydrogen-bond donors (Lipinski definition) is 1. The lowest BCUT2D eigenvalue weighted by atomic mass is 10.2. The van der Waals surface area contributed by atoms with Gasteiger partial charge in [0.2, 0.25) is 0 Å². The van der Waals surface area contributed by atoms with Crippen LogP contribution >= 0.6 is 0 Å². The molecule has 8 nitrogen and oxygen atoms in total. The van der Waals surface area contributed by atoms with Crippen LogP contribution < -0.4 is 5.32 Å². The minimum absolute atomic E-state index is 0.235. The van der Waals surface area contributed by atoms with E-state index in [9.17, 15) is 4.79 Å². The molecule has 1 N–H and O–H groups in total. The molecule has 3 heterocycles. The lowest BCUT2D eigenvalue weighted by Gasteiger charge is -2.17. The highest BCUT2D eigenvalue weighted by molar-refractivity contribution is 5.68. The zero-order chi connectivity index (χ0) is 16.1. The van der Waals surface area contributed by atoms with Crippen molar-refractivity contribution in [3.63, 3.8) is 0 Å². The number of nitrogens with one attached hydrogen (secondary N) is 1. The van der Waals surface area contributed by atoms with E-state index in [1.807, 2.05) is 19.1 Å². The molecular formula is C15H20N6O2. The van der Waals surface area contributed by atoms with E-state index in [1.165, 1.54) is 6.33 Å². The summed E-state index contributed by atoms with van der Waals surface area (Å²) in [5.41, 5.74) is 1.03. The normalized spacial score (nSPS) is 17.4. The first-order chi connectivity index (χ1) is 11.3. The summed E-state index contributed by atoms with van der Waals surface area (Å²) in [7, 11) is 0. The molecule has 2 aromatic heterocycles. The van der Waals surface area contributed by atoms with E-state index in [2.05, 4.69) is 20.4 Å². The average molecular weight is 316 g/mol. The van der Waals surface area contributed by atoms with E-state index in [0.717, 1.165) is 24.3 Å². The Bertz CT molecular complexity index is 645. The molecule has 0 unspecified atom stereocenters. The Kier molecular flexibility index (Phi) is 4.82. The quantitative estimate of drug-likeness (QED) is 0.885. The number of amides is 1. The number of likely N-dealkylation sites (tertiary alicyclic amines) is 1. The van der Waals surface area contributed by atoms with Gasteiger partial charge in [-0.05, 0) is 19.4 Å². The standard InChI is InChI=1S/C15H20N6O2/c1-2-23-15(22)20-7-5-13(9-20)18-8-12-4-3-6-17-14(12)21-11-16-10-19-21/h3-4,6,10-11,13,18H,2,5,7-9H2,1H3/t13-/m1/s1. The monoisotopic (exact) mass is 316 g/mol. The van der Waals surface area contributed by atoms with E-state index < -0.39 is 0 Å². The molecule has 1 saturated heterocycles. The van der Waals surface area contributed by atoms with Crippen molar-refractivity contribution in [3.05, 3.63) is 36.5 Å². The van der Waals surface area contributed by atoms with Crippen LogP contribution in [0, 0.1) is 0 Å². The SMILES string of the molecule is CCOC(=O)N1CC[C@@H](NCc2cccnc2-n2cncn2)C1. The highest BCUT2D eigenvalue weighted by Gasteiger charge is 2.26. The number of aromatic nitrogens is 4. The van der Waals surface area contributed by atoms with Crippen LogP contribution in [0.5, 0.6) is 0 Å². The van der Waals surface area contributed by atoms with Crippen LogP contribution in [0.4, 0.5) is 4.79 Å². The maximum absolute atomic E-state index is 11.7. The van der Waals surface area contributed by atoms with Crippen molar-refractivity contribution in [2.75, 3.05) is 19.7 Å². The molecule has 1 atom stereocenters. The van der Waals surface area contributed by atoms with Crippen LogP contribution in [0.15, 0.2) is 31.0 Å². The third-order valence-corrected chi connectivity index (χ3v) is 3.80. The highest BCUT2D eigenvalue weighted by atomic mass is 16.6. The topological polar surface area (TPSA) is 85.2 Å². The average Bonchev–Trinajstić information content (AvgIpc) is 3.25. The van der Waals surface area contributed by atoms with Crippen molar-refractivity contribution in [1.82, 2.24) is 30.0 Å². The fourth-order valence-electron chi connectivity index (χ4n) is 2.65. The summed E-state index contributed by atoms with van der Waals surface area (Å²) >= 11 is 0. The van der Waals surface area contributed by atoms with Crippen molar-refractivity contribution in [2.45, 2.75) is 25.9 Å². The van der Waals surface area contributed by atoms with Crippen LogP contribution in [-0.2, 0) is 11.3 Å². The number of carbonyl (C=O) groups excluding carboxylic acids is 1. The van der Waals surface area contributed by atoms with Crippen LogP contribution in [0.1, 0.15) is 18.9 Å². The second-order valence-corrected chi connectivity index (χ2v) is 5.34. The van der Waals surface area contributed by atoms with E-state index in [1.54, 1.807) is 22.1 Å². The molecule has 0 radical (unpaired) electrons. The first-order valence-electron chi connectivity index (χ1n) is 7.72. The van der Waals surface area contributed by atoms with E-state index in [0.29, 0.717) is 19.7 Å². The minimum Gasteiger partial charge on any atom is -0.450 e. The molecule has 1 fully saturated rings. The van der Waals surface area contributed by atoms with Crippen molar-refractivity contribution < 1.29 is 9.53 Å². The molecule has 1 aliphatic rings. The molecule has 8 heteroatoms. The van der Waals surface area contributed by atoms with Gasteiger partial charge in [0, 0.05) is 37.4 Å². The second-order valence-electron chi connectivity index (χ2n) is 5.34. The number of ether oxygens (including phenoxy) is 1. The molecule has 23 heavy (non-hydrogen) atoms. The Balaban J connectivity index is 1.59. The lowest BCUT2D eigenvalue weighted by Crippen LogP contribution is -2.35. The molecule has 0 saturated carbocycles. The van der Waals surface area contributed by atoms with Crippen LogP contribution in [0.2, 0.25) is 0 Å². The maximum atomic E-state index is 11.7. The Morgan fingerprint density at radius 1 is 1.52 bits per heavy atom. The highest BCUT2D eigenvalue weighted by Crippen LogP contribution is 2.13. The lowest BCUT2D eigenvalue weighted by molar-refractivity contribution is 0.115. The first-order valence-corrected chi connectivity index (χ1v) is 7.72. The fourth-order valence-corrected chi connectivity index (χ4v) is 2.65. The van der Waals surface area contributed by atoms with Crippen molar-refractivity contribution >= 4 is 6.09 Å². The van der Waals surface area contributed by atoms with Gasteiger partial charge in [-0.25, -0.2) is 19.4 Å². The Hall–Kier alpha value is -2.48. The van der Waals surface area contributed by atoms with Crippen LogP contribution in [0.25, 0.3) is 5.82 Å². The number of hydrogen-bond acceptors (Lipinski definition) is 6. The van der Waals surface area contributed by atoms with Gasteiger partial charge in [-0.15, -0.1) is 0 Å². The van der Waals surface area contributed by atoms with Crippen molar-refractivity contribution in [2.24, 2.45) is 0 Å². The summed E-state index contributed by atoms with van der Waals surface area (Å²) in [5, 5.41) is 7.60. The summed E-state index contributed by atoms with van der Waals surface area (Å²) in [5.74, 6) is 0.762. The Labute approximate surface area is 134 Å². The van der Waals surface area contributed by atoms with Crippen molar-refractivity contribution in [1.29, 1.82) is 0 Å². The molecule has 0 spiro atoms. The predicted octanol–water partition coefficient (Wildman–Crippen LogP) is 0.983. The van der Waals surface area contributed by atoms with Crippen molar-refractivity contribution in [3.8, 4) is 5.82 Å². The van der Waals surface area contributed by atoms with E-state index in [-0.39, 0.29) is 12.1 Å². The van der Waals surface area contributed by atoms with Gasteiger partial charge in [-0.2, -0.15) is 5.10 Å². The third-order valence-electron chi connectivity index (χ3n) is 3.80. The number of rotatable bonds is 5.